The number of nitrogens with one attached hydrogen (secondary N) is 1. The Bertz CT molecular complexity index is 559. The van der Waals surface area contributed by atoms with Gasteiger partial charge in [0.2, 0.25) is 10.0 Å². The van der Waals surface area contributed by atoms with E-state index >= 15 is 0 Å². The van der Waals surface area contributed by atoms with E-state index in [9.17, 15) is 8.42 Å². The number of nitrogens with two attached hydrogens (primary N) is 1. The van der Waals surface area contributed by atoms with E-state index in [0.717, 1.165) is 10.9 Å². The number of halogens is 1. The Morgan fingerprint density at radius 1 is 1.40 bits per heavy atom. The van der Waals surface area contributed by atoms with Crippen molar-refractivity contribution in [3.05, 3.63) is 22.7 Å². The molecule has 5 nitrogen and oxygen atoms in total. The van der Waals surface area contributed by atoms with Gasteiger partial charge < -0.3 is 10.8 Å². The lowest BCUT2D eigenvalue weighted by atomic mass is 9.88. The molecule has 1 aromatic rings. The predicted octanol–water partition coefficient (Wildman–Crippen LogP) is 2.11. The van der Waals surface area contributed by atoms with Gasteiger partial charge in [-0.25, -0.2) is 13.1 Å². The summed E-state index contributed by atoms with van der Waals surface area (Å²) in [6, 6.07) is 4.68. The number of sulfonamides is 1. The number of rotatable bonds is 7. The van der Waals surface area contributed by atoms with E-state index in [-0.39, 0.29) is 22.6 Å². The Morgan fingerprint density at radius 2 is 2.05 bits per heavy atom. The summed E-state index contributed by atoms with van der Waals surface area (Å²) in [7, 11) is -3.62. The molecule has 0 radical (unpaired) electrons. The van der Waals surface area contributed by atoms with E-state index in [0.29, 0.717) is 13.0 Å². The van der Waals surface area contributed by atoms with Crippen molar-refractivity contribution in [3.8, 4) is 0 Å². The summed E-state index contributed by atoms with van der Waals surface area (Å²) in [4.78, 5) is 0.0821. The molecule has 0 saturated heterocycles. The summed E-state index contributed by atoms with van der Waals surface area (Å²) in [6.07, 6.45) is 1.39. The fraction of sp³-hybridized carbons (Fsp3) is 0.538. The fourth-order valence-corrected chi connectivity index (χ4v) is 3.51. The minimum atomic E-state index is -3.62. The molecule has 0 aliphatic carbocycles. The molecule has 0 aliphatic heterocycles. The number of hydrogen-bond acceptors (Lipinski definition) is 4. The molecule has 0 amide bonds. The lowest BCUT2D eigenvalue weighted by Crippen LogP contribution is -2.34. The Labute approximate surface area is 128 Å². The molecule has 0 fully saturated rings. The van der Waals surface area contributed by atoms with E-state index < -0.39 is 10.0 Å². The molecule has 0 heterocycles. The van der Waals surface area contributed by atoms with Crippen LogP contribution in [0.3, 0.4) is 0 Å². The van der Waals surface area contributed by atoms with E-state index in [4.69, 9.17) is 10.8 Å². The van der Waals surface area contributed by atoms with Crippen LogP contribution in [0.15, 0.2) is 27.6 Å². The molecule has 7 heteroatoms. The topological polar surface area (TPSA) is 92.4 Å². The first-order valence-corrected chi connectivity index (χ1v) is 8.61. The van der Waals surface area contributed by atoms with Crippen LogP contribution >= 0.6 is 15.9 Å². The lowest BCUT2D eigenvalue weighted by Gasteiger charge is -2.24. The van der Waals surface area contributed by atoms with Gasteiger partial charge >= 0.3 is 0 Å². The maximum absolute atomic E-state index is 12.2. The Balaban J connectivity index is 2.80. The van der Waals surface area contributed by atoms with Gasteiger partial charge in [-0.1, -0.05) is 29.8 Å². The summed E-state index contributed by atoms with van der Waals surface area (Å²) in [6.45, 7) is 4.31. The van der Waals surface area contributed by atoms with Gasteiger partial charge in [0.15, 0.2) is 0 Å². The Morgan fingerprint density at radius 3 is 2.60 bits per heavy atom. The molecule has 0 saturated carbocycles. The zero-order chi connectivity index (χ0) is 15.4. The van der Waals surface area contributed by atoms with Crippen molar-refractivity contribution >= 4 is 31.6 Å². The molecule has 1 rings (SSSR count). The van der Waals surface area contributed by atoms with Crippen LogP contribution in [0.5, 0.6) is 0 Å². The number of hydrogen-bond donors (Lipinski definition) is 3. The van der Waals surface area contributed by atoms with Gasteiger partial charge in [-0.05, 0) is 36.5 Å². The van der Waals surface area contributed by atoms with Crippen molar-refractivity contribution < 1.29 is 13.5 Å². The molecule has 4 N–H and O–H groups in total. The smallest absolute Gasteiger partial charge is 0.242 e. The minimum Gasteiger partial charge on any atom is -0.398 e. The van der Waals surface area contributed by atoms with Crippen LogP contribution in [0, 0.1) is 5.41 Å². The van der Waals surface area contributed by atoms with Crippen LogP contribution in [0.4, 0.5) is 5.69 Å². The van der Waals surface area contributed by atoms with Crippen LogP contribution in [0.1, 0.15) is 26.7 Å². The molecule has 20 heavy (non-hydrogen) atoms. The standard InChI is InChI=1S/C13H21BrN2O3S/c1-13(2,6-3-7-17)9-16-20(18,19)12-5-4-10(14)8-11(12)15/h4-5,8,16-17H,3,6-7,9,15H2,1-2H3. The molecule has 0 unspecified atom stereocenters. The number of aliphatic hydroxyl groups excluding tert-OH is 1. The first kappa shape index (κ1) is 17.4. The number of benzene rings is 1. The second-order valence-corrected chi connectivity index (χ2v) is 8.15. The SMILES string of the molecule is CC(C)(CCCO)CNS(=O)(=O)c1ccc(Br)cc1N. The molecule has 0 spiro atoms. The summed E-state index contributed by atoms with van der Waals surface area (Å²) in [5, 5.41) is 8.84. The number of anilines is 1. The van der Waals surface area contributed by atoms with Gasteiger partial charge in [-0.15, -0.1) is 0 Å². The van der Waals surface area contributed by atoms with Gasteiger partial charge in [0.05, 0.1) is 5.69 Å². The van der Waals surface area contributed by atoms with Gasteiger partial charge in [0, 0.05) is 17.6 Å². The van der Waals surface area contributed by atoms with E-state index in [1.807, 2.05) is 13.8 Å². The molecule has 0 aliphatic rings. The van der Waals surface area contributed by atoms with Crippen LogP contribution in [0.2, 0.25) is 0 Å². The first-order chi connectivity index (χ1) is 9.18. The fourth-order valence-electron chi connectivity index (χ4n) is 1.78. The normalized spacial score (nSPS) is 12.6. The van der Waals surface area contributed by atoms with Crippen molar-refractivity contribution in [2.24, 2.45) is 5.41 Å². The van der Waals surface area contributed by atoms with Crippen molar-refractivity contribution in [2.75, 3.05) is 18.9 Å². The number of aliphatic hydroxyl groups is 1. The third-order valence-electron chi connectivity index (χ3n) is 3.01. The summed E-state index contributed by atoms with van der Waals surface area (Å²) < 4.78 is 27.8. The molecule has 1 aromatic carbocycles. The first-order valence-electron chi connectivity index (χ1n) is 6.33. The van der Waals surface area contributed by atoms with Crippen molar-refractivity contribution in [1.29, 1.82) is 0 Å². The largest absolute Gasteiger partial charge is 0.398 e. The quantitative estimate of drug-likeness (QED) is 0.646. The molecule has 0 bridgehead atoms. The summed E-state index contributed by atoms with van der Waals surface area (Å²) in [5.41, 5.74) is 5.73. The van der Waals surface area contributed by atoms with Crippen molar-refractivity contribution in [2.45, 2.75) is 31.6 Å². The Hall–Kier alpha value is -0.630. The zero-order valence-corrected chi connectivity index (χ0v) is 14.1. The average Bonchev–Trinajstić information content (AvgIpc) is 2.34. The maximum Gasteiger partial charge on any atom is 0.242 e. The monoisotopic (exact) mass is 364 g/mol. The summed E-state index contributed by atoms with van der Waals surface area (Å²) >= 11 is 3.24. The highest BCUT2D eigenvalue weighted by Crippen LogP contribution is 2.25. The van der Waals surface area contributed by atoms with Crippen LogP contribution in [0.25, 0.3) is 0 Å². The predicted molar refractivity (Wildman–Crippen MR) is 83.8 cm³/mol. The average molecular weight is 365 g/mol. The van der Waals surface area contributed by atoms with E-state index in [1.54, 1.807) is 12.1 Å². The van der Waals surface area contributed by atoms with E-state index in [2.05, 4.69) is 20.7 Å². The third kappa shape index (κ3) is 5.05. The van der Waals surface area contributed by atoms with Gasteiger partial charge in [0.1, 0.15) is 4.90 Å². The van der Waals surface area contributed by atoms with E-state index in [1.165, 1.54) is 6.07 Å². The van der Waals surface area contributed by atoms with Crippen molar-refractivity contribution in [3.63, 3.8) is 0 Å². The summed E-state index contributed by atoms with van der Waals surface area (Å²) in [5.74, 6) is 0. The second kappa shape index (κ2) is 6.89. The second-order valence-electron chi connectivity index (χ2n) is 5.50. The highest BCUT2D eigenvalue weighted by atomic mass is 79.9. The van der Waals surface area contributed by atoms with Crippen LogP contribution in [-0.4, -0.2) is 26.7 Å². The van der Waals surface area contributed by atoms with Crippen molar-refractivity contribution in [1.82, 2.24) is 4.72 Å². The lowest BCUT2D eigenvalue weighted by molar-refractivity contribution is 0.242. The maximum atomic E-state index is 12.2. The Kier molecular flexibility index (Phi) is 6.00. The van der Waals surface area contributed by atoms with Crippen LogP contribution in [-0.2, 0) is 10.0 Å². The minimum absolute atomic E-state index is 0.0821. The highest BCUT2D eigenvalue weighted by Gasteiger charge is 2.23. The molecule has 114 valence electrons. The molecule has 0 aromatic heterocycles. The molecule has 0 atom stereocenters. The highest BCUT2D eigenvalue weighted by molar-refractivity contribution is 9.10. The van der Waals surface area contributed by atoms with Crippen LogP contribution < -0.4 is 10.5 Å². The van der Waals surface area contributed by atoms with Gasteiger partial charge in [-0.3, -0.25) is 0 Å². The molecular weight excluding hydrogens is 344 g/mol. The molecular formula is C13H21BrN2O3S. The zero-order valence-electron chi connectivity index (χ0n) is 11.7. The third-order valence-corrected chi connectivity index (χ3v) is 4.98. The number of nitrogen functional groups attached to an aromatic ring is 1. The van der Waals surface area contributed by atoms with Gasteiger partial charge in [0.25, 0.3) is 0 Å². The van der Waals surface area contributed by atoms with Gasteiger partial charge in [-0.2, -0.15) is 0 Å².